The fraction of sp³-hybridized carbons (Fsp3) is 0.600. The van der Waals surface area contributed by atoms with Crippen LogP contribution in [0.3, 0.4) is 0 Å². The van der Waals surface area contributed by atoms with Crippen LogP contribution < -0.4 is 10.2 Å². The Morgan fingerprint density at radius 2 is 1.76 bits per heavy atom. The number of nitrogens with one attached hydrogen (secondary N) is 1. The Bertz CT molecular complexity index is 610. The smallest absolute Gasteiger partial charge is 0.244 e. The van der Waals surface area contributed by atoms with Crippen molar-refractivity contribution < 1.29 is 9.59 Å². The van der Waals surface area contributed by atoms with Gasteiger partial charge in [-0.25, -0.2) is 0 Å². The quantitative estimate of drug-likeness (QED) is 0.913. The molecule has 1 aromatic rings. The molecule has 2 fully saturated rings. The maximum absolute atomic E-state index is 12.7. The number of amides is 2. The van der Waals surface area contributed by atoms with Gasteiger partial charge in [0, 0.05) is 37.8 Å². The van der Waals surface area contributed by atoms with Gasteiger partial charge in [-0.05, 0) is 45.2 Å². The number of anilines is 1. The first-order chi connectivity index (χ1) is 12.0. The van der Waals surface area contributed by atoms with Crippen molar-refractivity contribution in [3.05, 3.63) is 29.8 Å². The minimum absolute atomic E-state index is 0.0402. The summed E-state index contributed by atoms with van der Waals surface area (Å²) in [7, 11) is 0. The third-order valence-electron chi connectivity index (χ3n) is 5.41. The van der Waals surface area contributed by atoms with Crippen LogP contribution in [0.1, 0.15) is 38.2 Å². The number of carbonyl (C=O) groups is 2. The second-order valence-corrected chi connectivity index (χ2v) is 7.36. The van der Waals surface area contributed by atoms with Crippen LogP contribution in [-0.4, -0.2) is 48.9 Å². The molecule has 0 radical (unpaired) electrons. The second-order valence-electron chi connectivity index (χ2n) is 7.36. The highest BCUT2D eigenvalue weighted by molar-refractivity contribution is 5.88. The summed E-state index contributed by atoms with van der Waals surface area (Å²) >= 11 is 0. The number of hydrogen-bond acceptors (Lipinski definition) is 3. The summed E-state index contributed by atoms with van der Waals surface area (Å²) < 4.78 is 0. The van der Waals surface area contributed by atoms with E-state index in [0.29, 0.717) is 6.54 Å². The SMILES string of the molecule is Cc1ccc(N2CCCN(C(=O)C(C)NC(=O)C3CCC3)CC2)cc1. The standard InChI is InChI=1S/C20H29N3O2/c1-15-7-9-18(10-8-15)22-11-4-12-23(14-13-22)20(25)16(2)21-19(24)17-5-3-6-17/h7-10,16-17H,3-6,11-14H2,1-2H3,(H,21,24). The van der Waals surface area contributed by atoms with Gasteiger partial charge in [0.05, 0.1) is 0 Å². The zero-order valence-corrected chi connectivity index (χ0v) is 15.3. The Hall–Kier alpha value is -2.04. The van der Waals surface area contributed by atoms with Crippen molar-refractivity contribution in [2.75, 3.05) is 31.1 Å². The van der Waals surface area contributed by atoms with Gasteiger partial charge in [-0.3, -0.25) is 9.59 Å². The van der Waals surface area contributed by atoms with Crippen molar-refractivity contribution in [2.24, 2.45) is 5.92 Å². The molecule has 1 saturated carbocycles. The molecule has 2 aliphatic rings. The normalized spacial score (nSPS) is 19.8. The van der Waals surface area contributed by atoms with Gasteiger partial charge in [-0.1, -0.05) is 24.1 Å². The number of nitrogens with zero attached hydrogens (tertiary/aromatic N) is 2. The van der Waals surface area contributed by atoms with Gasteiger partial charge in [0.1, 0.15) is 6.04 Å². The fourth-order valence-corrected chi connectivity index (χ4v) is 3.49. The summed E-state index contributed by atoms with van der Waals surface area (Å²) in [4.78, 5) is 29.0. The maximum atomic E-state index is 12.7. The molecule has 0 spiro atoms. The molecule has 3 rings (SSSR count). The van der Waals surface area contributed by atoms with Gasteiger partial charge in [0.15, 0.2) is 0 Å². The van der Waals surface area contributed by atoms with Crippen LogP contribution in [0.2, 0.25) is 0 Å². The lowest BCUT2D eigenvalue weighted by atomic mass is 9.84. The zero-order chi connectivity index (χ0) is 17.8. The van der Waals surface area contributed by atoms with E-state index in [1.807, 2.05) is 11.8 Å². The van der Waals surface area contributed by atoms with E-state index in [4.69, 9.17) is 0 Å². The van der Waals surface area contributed by atoms with Crippen LogP contribution in [0.5, 0.6) is 0 Å². The lowest BCUT2D eigenvalue weighted by Gasteiger charge is -2.29. The average molecular weight is 343 g/mol. The number of aryl methyl sites for hydroxylation is 1. The predicted molar refractivity (Wildman–Crippen MR) is 99.5 cm³/mol. The Balaban J connectivity index is 1.53. The number of hydrogen-bond donors (Lipinski definition) is 1. The molecule has 1 unspecified atom stereocenters. The van der Waals surface area contributed by atoms with Gasteiger partial charge in [0.2, 0.25) is 11.8 Å². The van der Waals surface area contributed by atoms with Crippen molar-refractivity contribution in [1.29, 1.82) is 0 Å². The maximum Gasteiger partial charge on any atom is 0.244 e. The summed E-state index contributed by atoms with van der Waals surface area (Å²) in [5.74, 6) is 0.207. The topological polar surface area (TPSA) is 52.6 Å². The van der Waals surface area contributed by atoms with Gasteiger partial charge in [0.25, 0.3) is 0 Å². The molecule has 1 atom stereocenters. The third kappa shape index (κ3) is 4.33. The Kier molecular flexibility index (Phi) is 5.61. The molecule has 1 aliphatic heterocycles. The summed E-state index contributed by atoms with van der Waals surface area (Å²) in [6.07, 6.45) is 3.99. The summed E-state index contributed by atoms with van der Waals surface area (Å²) in [5.41, 5.74) is 2.47. The van der Waals surface area contributed by atoms with E-state index in [1.54, 1.807) is 0 Å². The molecular formula is C20H29N3O2. The Labute approximate surface area is 150 Å². The van der Waals surface area contributed by atoms with E-state index in [2.05, 4.69) is 41.4 Å². The number of rotatable bonds is 4. The van der Waals surface area contributed by atoms with Crippen molar-refractivity contribution >= 4 is 17.5 Å². The second kappa shape index (κ2) is 7.89. The van der Waals surface area contributed by atoms with E-state index in [1.165, 1.54) is 11.3 Å². The minimum Gasteiger partial charge on any atom is -0.370 e. The summed E-state index contributed by atoms with van der Waals surface area (Å²) in [5, 5.41) is 2.90. The van der Waals surface area contributed by atoms with Gasteiger partial charge < -0.3 is 15.1 Å². The molecule has 25 heavy (non-hydrogen) atoms. The lowest BCUT2D eigenvalue weighted by Crippen LogP contribution is -2.50. The Morgan fingerprint density at radius 3 is 2.40 bits per heavy atom. The predicted octanol–water partition coefficient (Wildman–Crippen LogP) is 2.34. The molecule has 136 valence electrons. The van der Waals surface area contributed by atoms with Crippen LogP contribution in [0, 0.1) is 12.8 Å². The molecule has 1 saturated heterocycles. The van der Waals surface area contributed by atoms with E-state index < -0.39 is 6.04 Å². The first-order valence-electron chi connectivity index (χ1n) is 9.45. The van der Waals surface area contributed by atoms with Crippen molar-refractivity contribution in [3.8, 4) is 0 Å². The van der Waals surface area contributed by atoms with Crippen LogP contribution in [0.25, 0.3) is 0 Å². The highest BCUT2D eigenvalue weighted by Crippen LogP contribution is 2.26. The molecule has 0 bridgehead atoms. The van der Waals surface area contributed by atoms with E-state index in [-0.39, 0.29) is 17.7 Å². The number of benzene rings is 1. The van der Waals surface area contributed by atoms with Crippen LogP contribution >= 0.6 is 0 Å². The first-order valence-corrected chi connectivity index (χ1v) is 9.45. The fourth-order valence-electron chi connectivity index (χ4n) is 3.49. The number of carbonyl (C=O) groups excluding carboxylic acids is 2. The van der Waals surface area contributed by atoms with E-state index >= 15 is 0 Å². The zero-order valence-electron chi connectivity index (χ0n) is 15.3. The van der Waals surface area contributed by atoms with Crippen molar-refractivity contribution in [2.45, 2.75) is 45.6 Å². The van der Waals surface area contributed by atoms with E-state index in [9.17, 15) is 9.59 Å². The summed E-state index contributed by atoms with van der Waals surface area (Å²) in [6.45, 7) is 7.14. The lowest BCUT2D eigenvalue weighted by molar-refractivity contribution is -0.137. The van der Waals surface area contributed by atoms with Crippen LogP contribution in [0.4, 0.5) is 5.69 Å². The van der Waals surface area contributed by atoms with Crippen molar-refractivity contribution in [1.82, 2.24) is 10.2 Å². The summed E-state index contributed by atoms with van der Waals surface area (Å²) in [6, 6.07) is 8.12. The highest BCUT2D eigenvalue weighted by Gasteiger charge is 2.29. The molecule has 5 nitrogen and oxygen atoms in total. The van der Waals surface area contributed by atoms with Gasteiger partial charge in [-0.15, -0.1) is 0 Å². The molecule has 0 aromatic heterocycles. The minimum atomic E-state index is -0.431. The van der Waals surface area contributed by atoms with E-state index in [0.717, 1.165) is 45.3 Å². The molecule has 2 amide bonds. The first kappa shape index (κ1) is 17.8. The average Bonchev–Trinajstić information content (AvgIpc) is 2.79. The molecule has 5 heteroatoms. The largest absolute Gasteiger partial charge is 0.370 e. The monoisotopic (exact) mass is 343 g/mol. The van der Waals surface area contributed by atoms with Gasteiger partial charge >= 0.3 is 0 Å². The molecule has 1 N–H and O–H groups in total. The molecule has 1 aromatic carbocycles. The molecular weight excluding hydrogens is 314 g/mol. The Morgan fingerprint density at radius 1 is 1.04 bits per heavy atom. The molecule has 1 aliphatic carbocycles. The van der Waals surface area contributed by atoms with Crippen LogP contribution in [-0.2, 0) is 9.59 Å². The molecule has 1 heterocycles. The third-order valence-corrected chi connectivity index (χ3v) is 5.41. The highest BCUT2D eigenvalue weighted by atomic mass is 16.2. The van der Waals surface area contributed by atoms with Crippen LogP contribution in [0.15, 0.2) is 24.3 Å². The van der Waals surface area contributed by atoms with Gasteiger partial charge in [-0.2, -0.15) is 0 Å². The van der Waals surface area contributed by atoms with Crippen molar-refractivity contribution in [3.63, 3.8) is 0 Å².